The van der Waals surface area contributed by atoms with E-state index in [9.17, 15) is 9.59 Å². The van der Waals surface area contributed by atoms with Crippen LogP contribution >= 0.6 is 11.3 Å². The molecule has 1 N–H and O–H groups in total. The maximum atomic E-state index is 10.9. The van der Waals surface area contributed by atoms with Gasteiger partial charge in [-0.1, -0.05) is 0 Å². The maximum Gasteiger partial charge on any atom is 0.348 e. The van der Waals surface area contributed by atoms with Gasteiger partial charge in [0.05, 0.1) is 11.4 Å². The zero-order chi connectivity index (χ0) is 10.8. The number of aromatic nitrogens is 1. The lowest BCUT2D eigenvalue weighted by molar-refractivity contribution is 0.0702. The van der Waals surface area contributed by atoms with E-state index < -0.39 is 5.97 Å². The fraction of sp³-hybridized carbons (Fsp3) is 0. The number of aldehydes is 1. The SMILES string of the molecule is O=Cc1cccn1-c1ccsc1C(=O)O. The van der Waals surface area contributed by atoms with Crippen molar-refractivity contribution in [1.29, 1.82) is 0 Å². The molecule has 0 aliphatic heterocycles. The molecule has 0 bridgehead atoms. The number of hydrogen-bond acceptors (Lipinski definition) is 3. The molecule has 0 spiro atoms. The van der Waals surface area contributed by atoms with E-state index in [1.165, 1.54) is 0 Å². The number of aromatic carboxylic acids is 1. The van der Waals surface area contributed by atoms with Crippen molar-refractivity contribution in [2.45, 2.75) is 0 Å². The molecule has 15 heavy (non-hydrogen) atoms. The Morgan fingerprint density at radius 3 is 2.93 bits per heavy atom. The molecule has 0 amide bonds. The van der Waals surface area contributed by atoms with E-state index in [2.05, 4.69) is 0 Å². The largest absolute Gasteiger partial charge is 0.477 e. The van der Waals surface area contributed by atoms with Crippen molar-refractivity contribution in [2.75, 3.05) is 0 Å². The fourth-order valence-corrected chi connectivity index (χ4v) is 2.08. The predicted octanol–water partition coefficient (Wildman–Crippen LogP) is 2.05. The highest BCUT2D eigenvalue weighted by atomic mass is 32.1. The average molecular weight is 221 g/mol. The van der Waals surface area contributed by atoms with Crippen LogP contribution in [-0.2, 0) is 0 Å². The van der Waals surface area contributed by atoms with Gasteiger partial charge < -0.3 is 9.67 Å². The van der Waals surface area contributed by atoms with Crippen LogP contribution in [0.1, 0.15) is 20.2 Å². The molecule has 0 atom stereocenters. The molecule has 0 unspecified atom stereocenters. The van der Waals surface area contributed by atoms with Gasteiger partial charge in [-0.25, -0.2) is 4.79 Å². The highest BCUT2D eigenvalue weighted by Gasteiger charge is 2.14. The molecule has 5 heteroatoms. The number of carbonyl (C=O) groups excluding carboxylic acids is 1. The standard InChI is InChI=1S/C10H7NO3S/c12-6-7-2-1-4-11(7)8-3-5-15-9(8)10(13)14/h1-6H,(H,13,14). The van der Waals surface area contributed by atoms with Gasteiger partial charge in [0.15, 0.2) is 6.29 Å². The first kappa shape index (κ1) is 9.67. The molecular formula is C10H7NO3S. The molecule has 2 heterocycles. The van der Waals surface area contributed by atoms with E-state index in [1.54, 1.807) is 34.3 Å². The second kappa shape index (κ2) is 3.70. The zero-order valence-electron chi connectivity index (χ0n) is 7.58. The first-order valence-corrected chi connectivity index (χ1v) is 5.05. The van der Waals surface area contributed by atoms with Gasteiger partial charge in [-0.3, -0.25) is 4.79 Å². The van der Waals surface area contributed by atoms with E-state index in [1.807, 2.05) is 0 Å². The summed E-state index contributed by atoms with van der Waals surface area (Å²) in [5.74, 6) is -0.981. The molecule has 76 valence electrons. The Kier molecular flexibility index (Phi) is 2.39. The lowest BCUT2D eigenvalue weighted by atomic mass is 10.3. The summed E-state index contributed by atoms with van der Waals surface area (Å²) in [6.45, 7) is 0. The Balaban J connectivity index is 2.58. The Morgan fingerprint density at radius 2 is 2.27 bits per heavy atom. The Morgan fingerprint density at radius 1 is 1.47 bits per heavy atom. The van der Waals surface area contributed by atoms with Gasteiger partial charge in [0.2, 0.25) is 0 Å². The van der Waals surface area contributed by atoms with Crippen molar-refractivity contribution in [1.82, 2.24) is 4.57 Å². The molecule has 0 saturated carbocycles. The van der Waals surface area contributed by atoms with Crippen molar-refractivity contribution < 1.29 is 14.7 Å². The van der Waals surface area contributed by atoms with E-state index in [0.717, 1.165) is 11.3 Å². The van der Waals surface area contributed by atoms with Crippen LogP contribution in [0.5, 0.6) is 0 Å². The summed E-state index contributed by atoms with van der Waals surface area (Å²) in [5.41, 5.74) is 0.968. The summed E-state index contributed by atoms with van der Waals surface area (Å²) in [7, 11) is 0. The number of nitrogens with zero attached hydrogens (tertiary/aromatic N) is 1. The van der Waals surface area contributed by atoms with Gasteiger partial charge in [0, 0.05) is 6.20 Å². The van der Waals surface area contributed by atoms with Gasteiger partial charge in [0.1, 0.15) is 4.88 Å². The number of hydrogen-bond donors (Lipinski definition) is 1. The van der Waals surface area contributed by atoms with Gasteiger partial charge in [-0.15, -0.1) is 11.3 Å². The smallest absolute Gasteiger partial charge is 0.348 e. The van der Waals surface area contributed by atoms with Crippen molar-refractivity contribution >= 4 is 23.6 Å². The third-order valence-corrected chi connectivity index (χ3v) is 2.89. The van der Waals surface area contributed by atoms with Gasteiger partial charge in [-0.2, -0.15) is 0 Å². The third kappa shape index (κ3) is 1.57. The van der Waals surface area contributed by atoms with E-state index in [4.69, 9.17) is 5.11 Å². The lowest BCUT2D eigenvalue weighted by Gasteiger charge is -2.03. The fourth-order valence-electron chi connectivity index (χ4n) is 1.36. The second-order valence-electron chi connectivity index (χ2n) is 2.86. The number of carbonyl (C=O) groups is 2. The van der Waals surface area contributed by atoms with Crippen LogP contribution in [0.2, 0.25) is 0 Å². The summed E-state index contributed by atoms with van der Waals surface area (Å²) >= 11 is 1.14. The van der Waals surface area contributed by atoms with Crippen molar-refractivity contribution in [2.24, 2.45) is 0 Å². The van der Waals surface area contributed by atoms with Crippen LogP contribution in [-0.4, -0.2) is 21.9 Å². The van der Waals surface area contributed by atoms with Crippen LogP contribution in [0.4, 0.5) is 0 Å². The second-order valence-corrected chi connectivity index (χ2v) is 3.78. The van der Waals surface area contributed by atoms with Crippen LogP contribution in [0.15, 0.2) is 29.8 Å². The third-order valence-electron chi connectivity index (χ3n) is 2.00. The minimum absolute atomic E-state index is 0.231. The van der Waals surface area contributed by atoms with Gasteiger partial charge in [-0.05, 0) is 23.6 Å². The summed E-state index contributed by atoms with van der Waals surface area (Å²) in [4.78, 5) is 21.8. The zero-order valence-corrected chi connectivity index (χ0v) is 8.40. The van der Waals surface area contributed by atoms with E-state index in [0.29, 0.717) is 17.7 Å². The summed E-state index contributed by atoms with van der Waals surface area (Å²) in [5, 5.41) is 10.6. The summed E-state index contributed by atoms with van der Waals surface area (Å²) < 4.78 is 1.56. The number of carboxylic acid groups (broad SMARTS) is 1. The lowest BCUT2D eigenvalue weighted by Crippen LogP contribution is -2.02. The maximum absolute atomic E-state index is 10.9. The number of rotatable bonds is 3. The van der Waals surface area contributed by atoms with Crippen molar-refractivity contribution in [3.63, 3.8) is 0 Å². The number of carboxylic acids is 1. The van der Waals surface area contributed by atoms with Crippen LogP contribution in [0.3, 0.4) is 0 Å². The topological polar surface area (TPSA) is 59.3 Å². The molecular weight excluding hydrogens is 214 g/mol. The molecule has 2 aromatic rings. The summed E-state index contributed by atoms with van der Waals surface area (Å²) in [6, 6.07) is 5.02. The average Bonchev–Trinajstić information content (AvgIpc) is 2.85. The minimum atomic E-state index is -0.981. The Labute approximate surface area is 89.4 Å². The van der Waals surface area contributed by atoms with Crippen molar-refractivity contribution in [3.8, 4) is 5.69 Å². The highest BCUT2D eigenvalue weighted by Crippen LogP contribution is 2.22. The molecule has 4 nitrogen and oxygen atoms in total. The normalized spacial score (nSPS) is 10.1. The quantitative estimate of drug-likeness (QED) is 0.807. The molecule has 2 rings (SSSR count). The molecule has 0 fully saturated rings. The molecule has 0 aliphatic rings. The monoisotopic (exact) mass is 221 g/mol. The predicted molar refractivity (Wildman–Crippen MR) is 56.0 cm³/mol. The van der Waals surface area contributed by atoms with E-state index >= 15 is 0 Å². The Bertz CT molecular complexity index is 512. The van der Waals surface area contributed by atoms with Crippen LogP contribution < -0.4 is 0 Å². The van der Waals surface area contributed by atoms with Crippen LogP contribution in [0, 0.1) is 0 Å². The molecule has 0 saturated heterocycles. The summed E-state index contributed by atoms with van der Waals surface area (Å²) in [6.07, 6.45) is 2.36. The first-order valence-electron chi connectivity index (χ1n) is 4.17. The van der Waals surface area contributed by atoms with E-state index in [-0.39, 0.29) is 4.88 Å². The molecule has 0 aromatic carbocycles. The molecule has 2 aromatic heterocycles. The number of thiophene rings is 1. The molecule has 0 radical (unpaired) electrons. The first-order chi connectivity index (χ1) is 7.24. The Hall–Kier alpha value is -1.88. The van der Waals surface area contributed by atoms with Crippen molar-refractivity contribution in [3.05, 3.63) is 40.3 Å². The van der Waals surface area contributed by atoms with Gasteiger partial charge in [0.25, 0.3) is 0 Å². The highest BCUT2D eigenvalue weighted by molar-refractivity contribution is 7.12. The molecule has 0 aliphatic carbocycles. The van der Waals surface area contributed by atoms with Gasteiger partial charge >= 0.3 is 5.97 Å². The van der Waals surface area contributed by atoms with Crippen LogP contribution in [0.25, 0.3) is 5.69 Å². The minimum Gasteiger partial charge on any atom is -0.477 e.